The lowest BCUT2D eigenvalue weighted by atomic mass is 10.1. The summed E-state index contributed by atoms with van der Waals surface area (Å²) in [7, 11) is 0. The number of benzene rings is 1. The van der Waals surface area contributed by atoms with Crippen LogP contribution in [0.3, 0.4) is 0 Å². The molecular weight excluding hydrogens is 389 g/mol. The lowest BCUT2D eigenvalue weighted by Gasteiger charge is -2.31. The summed E-state index contributed by atoms with van der Waals surface area (Å²) in [6.07, 6.45) is -5.10. The van der Waals surface area contributed by atoms with Gasteiger partial charge < -0.3 is 14.3 Å². The number of amides is 1. The Hall–Kier alpha value is -2.52. The van der Waals surface area contributed by atoms with Gasteiger partial charge in [0.25, 0.3) is 5.72 Å². The highest BCUT2D eigenvalue weighted by Crippen LogP contribution is 2.39. The Morgan fingerprint density at radius 3 is 2.81 bits per heavy atom. The number of aryl methyl sites for hydroxylation is 1. The summed E-state index contributed by atoms with van der Waals surface area (Å²) in [4.78, 5) is 12.3. The number of ether oxygens (including phenoxy) is 1. The molecule has 1 aliphatic rings. The van der Waals surface area contributed by atoms with Gasteiger partial charge in [0.15, 0.2) is 5.76 Å². The summed E-state index contributed by atoms with van der Waals surface area (Å²) in [5.74, 6) is -0.855. The highest BCUT2D eigenvalue weighted by molar-refractivity contribution is 6.30. The number of carbonyl (C=O) groups excluding carboxylic acids is 1. The number of hydrazone groups is 1. The van der Waals surface area contributed by atoms with Gasteiger partial charge in [-0.05, 0) is 42.8 Å². The molecule has 0 aliphatic carbocycles. The molecule has 0 spiro atoms. The normalized spacial score (nSPS) is 19.6. The van der Waals surface area contributed by atoms with Crippen molar-refractivity contribution in [2.24, 2.45) is 5.10 Å². The van der Waals surface area contributed by atoms with Crippen LogP contribution in [0.4, 0.5) is 13.2 Å². The maximum absolute atomic E-state index is 13.1. The van der Waals surface area contributed by atoms with Gasteiger partial charge in [0.05, 0.1) is 0 Å². The average molecular weight is 403 g/mol. The van der Waals surface area contributed by atoms with E-state index in [2.05, 4.69) is 5.10 Å². The highest BCUT2D eigenvalue weighted by atomic mass is 35.5. The van der Waals surface area contributed by atoms with E-state index in [9.17, 15) is 23.1 Å². The molecule has 0 bridgehead atoms. The first-order chi connectivity index (χ1) is 12.6. The SMILES string of the molecule is Cc1cc(Cl)ccc1OCc1ccc(C(=O)N2N=CC[C@]2(O)C(F)(F)F)o1. The van der Waals surface area contributed by atoms with E-state index in [1.54, 1.807) is 25.1 Å². The highest BCUT2D eigenvalue weighted by Gasteiger charge is 2.61. The van der Waals surface area contributed by atoms with E-state index in [0.717, 1.165) is 11.8 Å². The number of aliphatic hydroxyl groups is 1. The maximum Gasteiger partial charge on any atom is 0.438 e. The lowest BCUT2D eigenvalue weighted by Crippen LogP contribution is -2.56. The van der Waals surface area contributed by atoms with Crippen LogP contribution in [0.15, 0.2) is 39.9 Å². The van der Waals surface area contributed by atoms with Crippen molar-refractivity contribution in [3.8, 4) is 5.75 Å². The number of nitrogens with zero attached hydrogens (tertiary/aromatic N) is 2. The molecule has 2 aromatic rings. The molecule has 144 valence electrons. The van der Waals surface area contributed by atoms with Crippen molar-refractivity contribution >= 4 is 23.7 Å². The van der Waals surface area contributed by atoms with Gasteiger partial charge in [-0.25, -0.2) is 0 Å². The van der Waals surface area contributed by atoms with Crippen molar-refractivity contribution in [2.45, 2.75) is 31.9 Å². The lowest BCUT2D eigenvalue weighted by molar-refractivity contribution is -0.297. The van der Waals surface area contributed by atoms with E-state index >= 15 is 0 Å². The van der Waals surface area contributed by atoms with Gasteiger partial charge in [0, 0.05) is 17.7 Å². The molecule has 3 rings (SSSR count). The second kappa shape index (κ2) is 6.90. The first kappa shape index (κ1) is 19.2. The molecule has 0 fully saturated rings. The topological polar surface area (TPSA) is 75.3 Å². The third kappa shape index (κ3) is 3.65. The van der Waals surface area contributed by atoms with Crippen LogP contribution in [-0.4, -0.2) is 34.1 Å². The molecule has 1 aromatic carbocycles. The predicted octanol–water partition coefficient (Wildman–Crippen LogP) is 3.90. The van der Waals surface area contributed by atoms with Crippen molar-refractivity contribution in [1.29, 1.82) is 0 Å². The van der Waals surface area contributed by atoms with E-state index in [1.165, 1.54) is 12.1 Å². The number of hydrogen-bond acceptors (Lipinski definition) is 5. The number of furan rings is 1. The van der Waals surface area contributed by atoms with Gasteiger partial charge in [-0.15, -0.1) is 0 Å². The Morgan fingerprint density at radius 1 is 1.41 bits per heavy atom. The Labute approximate surface area is 156 Å². The van der Waals surface area contributed by atoms with Crippen molar-refractivity contribution in [2.75, 3.05) is 0 Å². The molecule has 1 aliphatic heterocycles. The van der Waals surface area contributed by atoms with E-state index in [4.69, 9.17) is 20.8 Å². The molecule has 1 atom stereocenters. The summed E-state index contributed by atoms with van der Waals surface area (Å²) in [6.45, 7) is 1.74. The minimum atomic E-state index is -5.07. The van der Waals surface area contributed by atoms with Gasteiger partial charge >= 0.3 is 12.1 Å². The zero-order chi connectivity index (χ0) is 19.8. The van der Waals surface area contributed by atoms with Crippen LogP contribution in [0, 0.1) is 6.92 Å². The minimum Gasteiger partial charge on any atom is -0.485 e. The Kier molecular flexibility index (Phi) is 4.92. The van der Waals surface area contributed by atoms with Gasteiger partial charge in [-0.1, -0.05) is 11.6 Å². The van der Waals surface area contributed by atoms with Crippen LogP contribution in [0.25, 0.3) is 0 Å². The molecule has 0 saturated carbocycles. The number of alkyl halides is 3. The fraction of sp³-hybridized carbons (Fsp3) is 0.294. The molecule has 0 unspecified atom stereocenters. The molecule has 1 aromatic heterocycles. The van der Waals surface area contributed by atoms with E-state index in [0.29, 0.717) is 10.8 Å². The predicted molar refractivity (Wildman–Crippen MR) is 89.5 cm³/mol. The second-order valence-electron chi connectivity index (χ2n) is 5.90. The molecule has 27 heavy (non-hydrogen) atoms. The largest absolute Gasteiger partial charge is 0.485 e. The van der Waals surface area contributed by atoms with Crippen LogP contribution < -0.4 is 4.74 Å². The van der Waals surface area contributed by atoms with Crippen molar-refractivity contribution in [3.05, 3.63) is 52.4 Å². The average Bonchev–Trinajstić information content (AvgIpc) is 3.20. The van der Waals surface area contributed by atoms with Crippen molar-refractivity contribution in [3.63, 3.8) is 0 Å². The first-order valence-electron chi connectivity index (χ1n) is 7.75. The molecule has 0 radical (unpaired) electrons. The van der Waals surface area contributed by atoms with Gasteiger partial charge in [0.1, 0.15) is 18.1 Å². The number of carbonyl (C=O) groups is 1. The standard InChI is InChI=1S/C17H14ClF3N2O4/c1-10-8-11(18)2-4-13(10)26-9-12-3-5-14(27-12)15(24)23-16(25,6-7-22-23)17(19,20)21/h2-5,7-8,25H,6,9H2,1H3/t16-/m0/s1. The van der Waals surface area contributed by atoms with Crippen LogP contribution in [0.1, 0.15) is 28.3 Å². The number of hydrogen-bond donors (Lipinski definition) is 1. The maximum atomic E-state index is 13.1. The molecule has 1 N–H and O–H groups in total. The van der Waals surface area contributed by atoms with Crippen LogP contribution in [-0.2, 0) is 6.61 Å². The molecule has 1 amide bonds. The van der Waals surface area contributed by atoms with Gasteiger partial charge in [-0.3, -0.25) is 4.79 Å². The van der Waals surface area contributed by atoms with E-state index < -0.39 is 30.0 Å². The smallest absolute Gasteiger partial charge is 0.438 e. The Balaban J connectivity index is 1.72. The summed E-state index contributed by atoms with van der Waals surface area (Å²) in [6, 6.07) is 7.60. The molecule has 10 heteroatoms. The third-order valence-electron chi connectivity index (χ3n) is 3.95. The molecular formula is C17H14ClF3N2O4. The molecule has 6 nitrogen and oxygen atoms in total. The summed E-state index contributed by atoms with van der Waals surface area (Å²) in [5, 5.41) is 13.7. The fourth-order valence-corrected chi connectivity index (χ4v) is 2.71. The quantitative estimate of drug-likeness (QED) is 0.841. The van der Waals surface area contributed by atoms with Crippen LogP contribution in [0.2, 0.25) is 5.02 Å². The van der Waals surface area contributed by atoms with Crippen LogP contribution in [0.5, 0.6) is 5.75 Å². The fourth-order valence-electron chi connectivity index (χ4n) is 2.49. The summed E-state index contributed by atoms with van der Waals surface area (Å²) < 4.78 is 50.0. The van der Waals surface area contributed by atoms with Gasteiger partial charge in [-0.2, -0.15) is 23.3 Å². The Bertz CT molecular complexity index is 897. The summed E-state index contributed by atoms with van der Waals surface area (Å²) in [5.41, 5.74) is -2.61. The van der Waals surface area contributed by atoms with E-state index in [-0.39, 0.29) is 17.4 Å². The summed E-state index contributed by atoms with van der Waals surface area (Å²) >= 11 is 5.86. The van der Waals surface area contributed by atoms with Crippen molar-refractivity contribution in [1.82, 2.24) is 5.01 Å². The van der Waals surface area contributed by atoms with E-state index in [1.807, 2.05) is 0 Å². The Morgan fingerprint density at radius 2 is 2.15 bits per heavy atom. The number of rotatable bonds is 4. The second-order valence-corrected chi connectivity index (χ2v) is 6.33. The first-order valence-corrected chi connectivity index (χ1v) is 8.13. The third-order valence-corrected chi connectivity index (χ3v) is 4.18. The van der Waals surface area contributed by atoms with Crippen LogP contribution >= 0.6 is 11.6 Å². The zero-order valence-electron chi connectivity index (χ0n) is 14.0. The number of halogens is 4. The monoisotopic (exact) mass is 402 g/mol. The molecule has 0 saturated heterocycles. The van der Waals surface area contributed by atoms with Crippen molar-refractivity contribution < 1.29 is 32.2 Å². The zero-order valence-corrected chi connectivity index (χ0v) is 14.7. The minimum absolute atomic E-state index is 0.0280. The molecule has 2 heterocycles. The van der Waals surface area contributed by atoms with Gasteiger partial charge in [0.2, 0.25) is 0 Å².